The Bertz CT molecular complexity index is 582. The van der Waals surface area contributed by atoms with E-state index in [1.165, 1.54) is 32.1 Å². The van der Waals surface area contributed by atoms with Crippen LogP contribution in [0.4, 0.5) is 0 Å². The maximum Gasteiger partial charge on any atom is 0.335 e. The van der Waals surface area contributed by atoms with Crippen LogP contribution in [0.3, 0.4) is 0 Å². The summed E-state index contributed by atoms with van der Waals surface area (Å²) in [6, 6.07) is 5.71. The predicted octanol–water partition coefficient (Wildman–Crippen LogP) is 3.24. The minimum atomic E-state index is -0.899. The van der Waals surface area contributed by atoms with Gasteiger partial charge >= 0.3 is 5.97 Å². The SMILES string of the molecule is O=C(O)c1ccc2c(c1)ncn2C1CCCCC1. The van der Waals surface area contributed by atoms with Crippen molar-refractivity contribution in [1.29, 1.82) is 0 Å². The van der Waals surface area contributed by atoms with Crippen molar-refractivity contribution >= 4 is 17.0 Å². The van der Waals surface area contributed by atoms with Gasteiger partial charge in [-0.1, -0.05) is 19.3 Å². The number of carboxylic acid groups (broad SMARTS) is 1. The Morgan fingerprint density at radius 3 is 2.78 bits per heavy atom. The molecule has 0 aliphatic heterocycles. The molecule has 0 unspecified atom stereocenters. The van der Waals surface area contributed by atoms with Crippen molar-refractivity contribution in [2.45, 2.75) is 38.1 Å². The Labute approximate surface area is 105 Å². The van der Waals surface area contributed by atoms with Gasteiger partial charge in [-0.25, -0.2) is 9.78 Å². The molecule has 4 nitrogen and oxygen atoms in total. The Kier molecular flexibility index (Phi) is 2.78. The van der Waals surface area contributed by atoms with Gasteiger partial charge in [-0.05, 0) is 31.0 Å². The lowest BCUT2D eigenvalue weighted by Gasteiger charge is -2.23. The number of fused-ring (bicyclic) bond motifs is 1. The summed E-state index contributed by atoms with van der Waals surface area (Å²) in [7, 11) is 0. The third-order valence-corrected chi connectivity index (χ3v) is 3.79. The van der Waals surface area contributed by atoms with Crippen LogP contribution in [-0.4, -0.2) is 20.6 Å². The fraction of sp³-hybridized carbons (Fsp3) is 0.429. The summed E-state index contributed by atoms with van der Waals surface area (Å²) in [5.41, 5.74) is 2.13. The molecular formula is C14H16N2O2. The van der Waals surface area contributed by atoms with Gasteiger partial charge in [-0.15, -0.1) is 0 Å². The second kappa shape index (κ2) is 4.44. The zero-order chi connectivity index (χ0) is 12.5. The first-order valence-corrected chi connectivity index (χ1v) is 6.45. The summed E-state index contributed by atoms with van der Waals surface area (Å²) in [4.78, 5) is 15.3. The maximum absolute atomic E-state index is 10.9. The number of carbonyl (C=O) groups is 1. The first-order chi connectivity index (χ1) is 8.75. The summed E-state index contributed by atoms with van der Waals surface area (Å²) in [5, 5.41) is 8.97. The van der Waals surface area contributed by atoms with Gasteiger partial charge in [0, 0.05) is 6.04 Å². The van der Waals surface area contributed by atoms with E-state index < -0.39 is 5.97 Å². The first kappa shape index (κ1) is 11.3. The fourth-order valence-corrected chi connectivity index (χ4v) is 2.81. The van der Waals surface area contributed by atoms with Gasteiger partial charge in [-0.3, -0.25) is 0 Å². The highest BCUT2D eigenvalue weighted by atomic mass is 16.4. The van der Waals surface area contributed by atoms with Crippen LogP contribution >= 0.6 is 0 Å². The van der Waals surface area contributed by atoms with Gasteiger partial charge < -0.3 is 9.67 Å². The van der Waals surface area contributed by atoms with Gasteiger partial charge in [0.2, 0.25) is 0 Å². The molecule has 0 spiro atoms. The van der Waals surface area contributed by atoms with Crippen molar-refractivity contribution in [2.75, 3.05) is 0 Å². The van der Waals surface area contributed by atoms with Crippen molar-refractivity contribution in [3.8, 4) is 0 Å². The third kappa shape index (κ3) is 1.88. The number of nitrogens with zero attached hydrogens (tertiary/aromatic N) is 2. The molecular weight excluding hydrogens is 228 g/mol. The Hall–Kier alpha value is -1.84. The van der Waals surface area contributed by atoms with E-state index in [2.05, 4.69) is 9.55 Å². The summed E-state index contributed by atoms with van der Waals surface area (Å²) >= 11 is 0. The zero-order valence-electron chi connectivity index (χ0n) is 10.2. The van der Waals surface area contributed by atoms with Crippen LogP contribution in [0.2, 0.25) is 0 Å². The van der Waals surface area contributed by atoms with Crippen LogP contribution in [-0.2, 0) is 0 Å². The van der Waals surface area contributed by atoms with Crippen LogP contribution in [0, 0.1) is 0 Å². The van der Waals surface area contributed by atoms with Crippen LogP contribution in [0.25, 0.3) is 11.0 Å². The zero-order valence-corrected chi connectivity index (χ0v) is 10.2. The lowest BCUT2D eigenvalue weighted by Crippen LogP contribution is -2.11. The topological polar surface area (TPSA) is 55.1 Å². The van der Waals surface area contributed by atoms with E-state index in [-0.39, 0.29) is 0 Å². The minimum absolute atomic E-state index is 0.302. The van der Waals surface area contributed by atoms with Crippen LogP contribution in [0.1, 0.15) is 48.5 Å². The molecule has 0 bridgehead atoms. The molecule has 1 saturated carbocycles. The predicted molar refractivity (Wildman–Crippen MR) is 68.8 cm³/mol. The van der Waals surface area contributed by atoms with E-state index in [0.717, 1.165) is 11.0 Å². The van der Waals surface area contributed by atoms with Gasteiger partial charge in [-0.2, -0.15) is 0 Å². The molecule has 3 rings (SSSR count). The van der Waals surface area contributed by atoms with E-state index in [1.807, 2.05) is 12.4 Å². The molecule has 1 aromatic carbocycles. The smallest absolute Gasteiger partial charge is 0.335 e. The summed E-state index contributed by atoms with van der Waals surface area (Å²) in [6.45, 7) is 0. The third-order valence-electron chi connectivity index (χ3n) is 3.79. The summed E-state index contributed by atoms with van der Waals surface area (Å²) < 4.78 is 2.21. The van der Waals surface area contributed by atoms with E-state index in [9.17, 15) is 4.79 Å². The number of carboxylic acids is 1. The molecule has 0 saturated heterocycles. The van der Waals surface area contributed by atoms with Crippen molar-refractivity contribution in [3.05, 3.63) is 30.1 Å². The van der Waals surface area contributed by atoms with Gasteiger partial charge in [0.1, 0.15) is 0 Å². The number of hydrogen-bond donors (Lipinski definition) is 1. The van der Waals surface area contributed by atoms with E-state index in [0.29, 0.717) is 11.6 Å². The lowest BCUT2D eigenvalue weighted by molar-refractivity contribution is 0.0697. The number of benzene rings is 1. The summed E-state index contributed by atoms with van der Waals surface area (Å²) in [5.74, 6) is -0.899. The molecule has 0 radical (unpaired) electrons. The van der Waals surface area contributed by atoms with Crippen molar-refractivity contribution in [3.63, 3.8) is 0 Å². The number of rotatable bonds is 2. The second-order valence-electron chi connectivity index (χ2n) is 4.95. The molecule has 1 fully saturated rings. The quantitative estimate of drug-likeness (QED) is 0.882. The molecule has 2 aromatic rings. The monoisotopic (exact) mass is 244 g/mol. The Morgan fingerprint density at radius 1 is 1.28 bits per heavy atom. The van der Waals surface area contributed by atoms with Crippen LogP contribution in [0.5, 0.6) is 0 Å². The molecule has 1 aromatic heterocycles. The van der Waals surface area contributed by atoms with Crippen LogP contribution < -0.4 is 0 Å². The molecule has 18 heavy (non-hydrogen) atoms. The normalized spacial score (nSPS) is 17.1. The molecule has 4 heteroatoms. The fourth-order valence-electron chi connectivity index (χ4n) is 2.81. The lowest BCUT2D eigenvalue weighted by atomic mass is 9.95. The second-order valence-corrected chi connectivity index (χ2v) is 4.95. The van der Waals surface area contributed by atoms with Crippen molar-refractivity contribution in [2.24, 2.45) is 0 Å². The standard InChI is InChI=1S/C14H16N2O2/c17-14(18)10-6-7-13-12(8-10)15-9-16(13)11-4-2-1-3-5-11/h6-9,11H,1-5H2,(H,17,18). The highest BCUT2D eigenvalue weighted by Crippen LogP contribution is 2.30. The van der Waals surface area contributed by atoms with E-state index in [4.69, 9.17) is 5.11 Å². The minimum Gasteiger partial charge on any atom is -0.478 e. The number of aromatic carboxylic acids is 1. The van der Waals surface area contributed by atoms with Gasteiger partial charge in [0.15, 0.2) is 0 Å². The molecule has 1 aliphatic rings. The largest absolute Gasteiger partial charge is 0.478 e. The number of hydrogen-bond acceptors (Lipinski definition) is 2. The molecule has 1 heterocycles. The Morgan fingerprint density at radius 2 is 2.06 bits per heavy atom. The average Bonchev–Trinajstić information content (AvgIpc) is 2.82. The van der Waals surface area contributed by atoms with Gasteiger partial charge in [0.25, 0.3) is 0 Å². The van der Waals surface area contributed by atoms with Crippen molar-refractivity contribution in [1.82, 2.24) is 9.55 Å². The average molecular weight is 244 g/mol. The van der Waals surface area contributed by atoms with E-state index in [1.54, 1.807) is 12.1 Å². The molecule has 94 valence electrons. The molecule has 0 atom stereocenters. The first-order valence-electron chi connectivity index (χ1n) is 6.45. The number of imidazole rings is 1. The van der Waals surface area contributed by atoms with Crippen LogP contribution in [0.15, 0.2) is 24.5 Å². The van der Waals surface area contributed by atoms with Gasteiger partial charge in [0.05, 0.1) is 22.9 Å². The maximum atomic E-state index is 10.9. The molecule has 0 amide bonds. The molecule has 1 N–H and O–H groups in total. The van der Waals surface area contributed by atoms with Crippen molar-refractivity contribution < 1.29 is 9.90 Å². The summed E-state index contributed by atoms with van der Waals surface area (Å²) in [6.07, 6.45) is 8.13. The van der Waals surface area contributed by atoms with E-state index >= 15 is 0 Å². The highest BCUT2D eigenvalue weighted by molar-refractivity contribution is 5.92. The molecule has 1 aliphatic carbocycles. The Balaban J connectivity index is 2.01. The highest BCUT2D eigenvalue weighted by Gasteiger charge is 2.17. The number of aromatic nitrogens is 2.